The van der Waals surface area contributed by atoms with E-state index in [1.165, 1.54) is 12.1 Å². The standard InChI is InChI=1S/C23H23N3O5S/c1-15-21-19(25-26-32(28,29)18-10-4-3-5-11-18)12-7-13-20(21)31-22(15)23(27)24-16-8-6-9-17(14-16)30-2/h3-6,8-11,14,26H,7,12-13H2,1-2H3,(H,24,27)/b25-19+. The summed E-state index contributed by atoms with van der Waals surface area (Å²) in [6.45, 7) is 1.77. The summed E-state index contributed by atoms with van der Waals surface area (Å²) in [6, 6.07) is 15.1. The average Bonchev–Trinajstić information content (AvgIpc) is 3.15. The summed E-state index contributed by atoms with van der Waals surface area (Å²) in [6.07, 6.45) is 1.96. The topological polar surface area (TPSA) is 110 Å². The van der Waals surface area contributed by atoms with Gasteiger partial charge in [0.25, 0.3) is 15.9 Å². The number of hydrogen-bond acceptors (Lipinski definition) is 6. The van der Waals surface area contributed by atoms with Gasteiger partial charge in [0, 0.05) is 29.3 Å². The first-order chi connectivity index (χ1) is 15.4. The SMILES string of the molecule is COc1cccc(NC(=O)c2oc3c(c2C)/C(=N/NS(=O)(=O)c2ccccc2)CCC3)c1. The molecule has 0 fully saturated rings. The van der Waals surface area contributed by atoms with Gasteiger partial charge in [-0.15, -0.1) is 0 Å². The Balaban J connectivity index is 1.60. The van der Waals surface area contributed by atoms with Gasteiger partial charge in [0.2, 0.25) is 0 Å². The number of aryl methyl sites for hydroxylation is 1. The van der Waals surface area contributed by atoms with Crippen LogP contribution in [0.2, 0.25) is 0 Å². The maximum Gasteiger partial charge on any atom is 0.291 e. The fourth-order valence-electron chi connectivity index (χ4n) is 3.65. The first-order valence-corrected chi connectivity index (χ1v) is 11.6. The molecule has 1 aliphatic rings. The van der Waals surface area contributed by atoms with E-state index in [1.807, 2.05) is 0 Å². The van der Waals surface area contributed by atoms with Gasteiger partial charge < -0.3 is 14.5 Å². The van der Waals surface area contributed by atoms with Gasteiger partial charge in [-0.25, -0.2) is 0 Å². The van der Waals surface area contributed by atoms with Crippen LogP contribution in [0.15, 0.2) is 69.0 Å². The monoisotopic (exact) mass is 453 g/mol. The summed E-state index contributed by atoms with van der Waals surface area (Å²) in [5.41, 5.74) is 2.43. The lowest BCUT2D eigenvalue weighted by Gasteiger charge is -2.14. The molecule has 1 aliphatic carbocycles. The highest BCUT2D eigenvalue weighted by Gasteiger charge is 2.28. The molecule has 3 aromatic rings. The summed E-state index contributed by atoms with van der Waals surface area (Å²) in [7, 11) is -2.24. The molecule has 0 unspecified atom stereocenters. The lowest BCUT2D eigenvalue weighted by Crippen LogP contribution is -2.22. The van der Waals surface area contributed by atoms with Crippen molar-refractivity contribution >= 4 is 27.3 Å². The highest BCUT2D eigenvalue weighted by molar-refractivity contribution is 7.89. The van der Waals surface area contributed by atoms with Crippen LogP contribution in [0.25, 0.3) is 0 Å². The van der Waals surface area contributed by atoms with Crippen LogP contribution in [0.3, 0.4) is 0 Å². The molecule has 9 heteroatoms. The van der Waals surface area contributed by atoms with E-state index in [2.05, 4.69) is 15.2 Å². The maximum absolute atomic E-state index is 12.9. The number of nitrogens with zero attached hydrogens (tertiary/aromatic N) is 1. The van der Waals surface area contributed by atoms with E-state index in [0.717, 1.165) is 6.42 Å². The zero-order valence-electron chi connectivity index (χ0n) is 17.7. The van der Waals surface area contributed by atoms with Crippen molar-refractivity contribution in [3.05, 3.63) is 77.2 Å². The molecule has 0 aliphatic heterocycles. The Morgan fingerprint density at radius 3 is 2.62 bits per heavy atom. The molecule has 1 aromatic heterocycles. The van der Waals surface area contributed by atoms with Crippen LogP contribution in [-0.4, -0.2) is 27.1 Å². The smallest absolute Gasteiger partial charge is 0.291 e. The Bertz CT molecular complexity index is 1280. The first kappa shape index (κ1) is 21.6. The number of ether oxygens (including phenoxy) is 1. The Morgan fingerprint density at radius 1 is 1.09 bits per heavy atom. The quantitative estimate of drug-likeness (QED) is 0.551. The molecule has 0 atom stereocenters. The molecule has 1 amide bonds. The van der Waals surface area contributed by atoms with E-state index in [9.17, 15) is 13.2 Å². The van der Waals surface area contributed by atoms with Crippen LogP contribution in [-0.2, 0) is 16.4 Å². The van der Waals surface area contributed by atoms with Crippen molar-refractivity contribution < 1.29 is 22.4 Å². The van der Waals surface area contributed by atoms with Crippen molar-refractivity contribution in [2.24, 2.45) is 5.10 Å². The first-order valence-electron chi connectivity index (χ1n) is 10.1. The number of furan rings is 1. The van der Waals surface area contributed by atoms with Gasteiger partial charge in [0.1, 0.15) is 11.5 Å². The number of benzene rings is 2. The lowest BCUT2D eigenvalue weighted by molar-refractivity contribution is 0.0994. The van der Waals surface area contributed by atoms with Crippen molar-refractivity contribution in [3.63, 3.8) is 0 Å². The Kier molecular flexibility index (Phi) is 6.00. The van der Waals surface area contributed by atoms with Crippen molar-refractivity contribution in [3.8, 4) is 5.75 Å². The molecule has 2 N–H and O–H groups in total. The molecular weight excluding hydrogens is 430 g/mol. The van der Waals surface area contributed by atoms with E-state index in [1.54, 1.807) is 56.5 Å². The predicted octanol–water partition coefficient (Wildman–Crippen LogP) is 3.87. The number of sulfonamides is 1. The minimum atomic E-state index is -3.79. The summed E-state index contributed by atoms with van der Waals surface area (Å²) >= 11 is 0. The number of hydrogen-bond donors (Lipinski definition) is 2. The minimum absolute atomic E-state index is 0.127. The van der Waals surface area contributed by atoms with Crippen molar-refractivity contribution in [2.75, 3.05) is 12.4 Å². The predicted molar refractivity (Wildman–Crippen MR) is 121 cm³/mol. The van der Waals surface area contributed by atoms with Gasteiger partial charge in [0.15, 0.2) is 5.76 Å². The number of amides is 1. The molecule has 0 bridgehead atoms. The van der Waals surface area contributed by atoms with E-state index < -0.39 is 15.9 Å². The average molecular weight is 454 g/mol. The summed E-state index contributed by atoms with van der Waals surface area (Å²) < 4.78 is 36.1. The van der Waals surface area contributed by atoms with E-state index in [-0.39, 0.29) is 10.7 Å². The molecule has 8 nitrogen and oxygen atoms in total. The second-order valence-electron chi connectivity index (χ2n) is 7.36. The van der Waals surface area contributed by atoms with Crippen LogP contribution in [0.5, 0.6) is 5.75 Å². The molecule has 166 valence electrons. The Hall–Kier alpha value is -3.59. The molecule has 1 heterocycles. The van der Waals surface area contributed by atoms with E-state index in [4.69, 9.17) is 9.15 Å². The fraction of sp³-hybridized carbons (Fsp3) is 0.217. The number of anilines is 1. The number of rotatable bonds is 6. The van der Waals surface area contributed by atoms with Crippen molar-refractivity contribution in [2.45, 2.75) is 31.1 Å². The van der Waals surface area contributed by atoms with Crippen LogP contribution in [0.4, 0.5) is 5.69 Å². The number of nitrogens with one attached hydrogen (secondary N) is 2. The number of carbonyl (C=O) groups is 1. The third-order valence-corrected chi connectivity index (χ3v) is 6.44. The molecule has 0 saturated carbocycles. The summed E-state index contributed by atoms with van der Waals surface area (Å²) in [4.78, 5) is 15.3. The molecular formula is C23H23N3O5S. The van der Waals surface area contributed by atoms with Gasteiger partial charge in [0.05, 0.1) is 17.7 Å². The number of carbonyl (C=O) groups excluding carboxylic acids is 1. The molecule has 32 heavy (non-hydrogen) atoms. The van der Waals surface area contributed by atoms with Crippen LogP contribution < -0.4 is 14.9 Å². The second-order valence-corrected chi connectivity index (χ2v) is 9.02. The lowest BCUT2D eigenvalue weighted by atomic mass is 9.93. The molecule has 2 aromatic carbocycles. The maximum atomic E-state index is 12.9. The zero-order valence-corrected chi connectivity index (χ0v) is 18.5. The zero-order chi connectivity index (χ0) is 22.7. The van der Waals surface area contributed by atoms with Gasteiger partial charge in [-0.1, -0.05) is 24.3 Å². The normalized spacial score (nSPS) is 14.6. The second kappa shape index (κ2) is 8.88. The molecule has 0 saturated heterocycles. The number of methoxy groups -OCH3 is 1. The largest absolute Gasteiger partial charge is 0.497 e. The van der Waals surface area contributed by atoms with Crippen LogP contribution in [0.1, 0.15) is 40.3 Å². The van der Waals surface area contributed by atoms with Gasteiger partial charge in [-0.05, 0) is 44.0 Å². The fourth-order valence-corrected chi connectivity index (χ4v) is 4.50. The van der Waals surface area contributed by atoms with Gasteiger partial charge in [-0.2, -0.15) is 18.4 Å². The molecule has 4 rings (SSSR count). The highest BCUT2D eigenvalue weighted by Crippen LogP contribution is 2.30. The van der Waals surface area contributed by atoms with E-state index >= 15 is 0 Å². The summed E-state index contributed by atoms with van der Waals surface area (Å²) in [5.74, 6) is 1.04. The summed E-state index contributed by atoms with van der Waals surface area (Å²) in [5, 5.41) is 6.99. The molecule has 0 spiro atoms. The number of hydrazone groups is 1. The van der Waals surface area contributed by atoms with Crippen molar-refractivity contribution in [1.29, 1.82) is 0 Å². The minimum Gasteiger partial charge on any atom is -0.497 e. The third kappa shape index (κ3) is 4.38. The Labute approximate surface area is 186 Å². The van der Waals surface area contributed by atoms with Gasteiger partial charge >= 0.3 is 0 Å². The molecule has 0 radical (unpaired) electrons. The highest BCUT2D eigenvalue weighted by atomic mass is 32.2. The van der Waals surface area contributed by atoms with E-state index in [0.29, 0.717) is 46.9 Å². The van der Waals surface area contributed by atoms with Crippen LogP contribution in [0, 0.1) is 6.92 Å². The van der Waals surface area contributed by atoms with Gasteiger partial charge in [-0.3, -0.25) is 4.79 Å². The Morgan fingerprint density at radius 2 is 1.88 bits per heavy atom. The number of fused-ring (bicyclic) bond motifs is 1. The van der Waals surface area contributed by atoms with Crippen molar-refractivity contribution in [1.82, 2.24) is 4.83 Å². The van der Waals surface area contributed by atoms with Crippen LogP contribution >= 0.6 is 0 Å². The third-order valence-electron chi connectivity index (χ3n) is 5.21.